The fourth-order valence-corrected chi connectivity index (χ4v) is 2.20. The molecule has 0 spiro atoms. The largest absolute Gasteiger partial charge is 0.385 e. The van der Waals surface area contributed by atoms with E-state index in [9.17, 15) is 5.11 Å². The molecule has 4 heteroatoms. The lowest BCUT2D eigenvalue weighted by atomic mass is 9.94. The summed E-state index contributed by atoms with van der Waals surface area (Å²) >= 11 is 1.55. The topological polar surface area (TPSA) is 46.0 Å². The first-order chi connectivity index (χ1) is 7.18. The fourth-order valence-electron chi connectivity index (χ4n) is 1.45. The molecule has 0 aromatic carbocycles. The standard InChI is InChI=1S/C11H12N2OS/c1-11(14,5-10-7-13-8-15-10)9-3-2-4-12-6-9/h2-4,6-8,14H,5H2,1H3. The van der Waals surface area contributed by atoms with Crippen molar-refractivity contribution in [2.24, 2.45) is 0 Å². The molecule has 0 bridgehead atoms. The van der Waals surface area contributed by atoms with Crippen molar-refractivity contribution in [3.63, 3.8) is 0 Å². The van der Waals surface area contributed by atoms with Crippen molar-refractivity contribution in [3.8, 4) is 0 Å². The lowest BCUT2D eigenvalue weighted by Crippen LogP contribution is -2.23. The Balaban J connectivity index is 2.20. The molecule has 3 nitrogen and oxygen atoms in total. The maximum absolute atomic E-state index is 10.3. The summed E-state index contributed by atoms with van der Waals surface area (Å²) in [6, 6.07) is 3.71. The maximum atomic E-state index is 10.3. The Morgan fingerprint density at radius 2 is 2.27 bits per heavy atom. The molecule has 1 atom stereocenters. The third-order valence-electron chi connectivity index (χ3n) is 2.29. The van der Waals surface area contributed by atoms with E-state index in [-0.39, 0.29) is 0 Å². The van der Waals surface area contributed by atoms with Gasteiger partial charge >= 0.3 is 0 Å². The maximum Gasteiger partial charge on any atom is 0.0931 e. The van der Waals surface area contributed by atoms with Crippen LogP contribution < -0.4 is 0 Å². The number of pyridine rings is 1. The second-order valence-corrected chi connectivity index (χ2v) is 4.63. The van der Waals surface area contributed by atoms with Gasteiger partial charge in [0.25, 0.3) is 0 Å². The first-order valence-electron chi connectivity index (χ1n) is 4.69. The third kappa shape index (κ3) is 2.40. The number of aliphatic hydroxyl groups is 1. The van der Waals surface area contributed by atoms with Gasteiger partial charge in [0.1, 0.15) is 0 Å². The van der Waals surface area contributed by atoms with Crippen LogP contribution in [0.25, 0.3) is 0 Å². The van der Waals surface area contributed by atoms with Crippen LogP contribution >= 0.6 is 11.3 Å². The third-order valence-corrected chi connectivity index (χ3v) is 3.06. The fraction of sp³-hybridized carbons (Fsp3) is 0.273. The molecule has 2 heterocycles. The predicted molar refractivity (Wildman–Crippen MR) is 59.6 cm³/mol. The van der Waals surface area contributed by atoms with E-state index >= 15 is 0 Å². The van der Waals surface area contributed by atoms with Crippen LogP contribution in [0.4, 0.5) is 0 Å². The number of nitrogens with zero attached hydrogens (tertiary/aromatic N) is 2. The van der Waals surface area contributed by atoms with Gasteiger partial charge in [-0.1, -0.05) is 6.07 Å². The minimum atomic E-state index is -0.874. The van der Waals surface area contributed by atoms with Crippen molar-refractivity contribution in [3.05, 3.63) is 46.7 Å². The van der Waals surface area contributed by atoms with Crippen LogP contribution in [0.2, 0.25) is 0 Å². The minimum Gasteiger partial charge on any atom is -0.385 e. The summed E-state index contributed by atoms with van der Waals surface area (Å²) in [5, 5.41) is 10.3. The van der Waals surface area contributed by atoms with Crippen LogP contribution in [0.1, 0.15) is 17.4 Å². The van der Waals surface area contributed by atoms with Crippen molar-refractivity contribution in [1.29, 1.82) is 0 Å². The number of hydrogen-bond acceptors (Lipinski definition) is 4. The molecule has 0 fully saturated rings. The van der Waals surface area contributed by atoms with E-state index < -0.39 is 5.60 Å². The van der Waals surface area contributed by atoms with Gasteiger partial charge in [-0.25, -0.2) is 0 Å². The molecule has 0 aliphatic heterocycles. The van der Waals surface area contributed by atoms with Gasteiger partial charge in [-0.05, 0) is 13.0 Å². The second kappa shape index (κ2) is 4.08. The van der Waals surface area contributed by atoms with Gasteiger partial charge in [0, 0.05) is 35.5 Å². The summed E-state index contributed by atoms with van der Waals surface area (Å²) in [5.41, 5.74) is 1.73. The lowest BCUT2D eigenvalue weighted by Gasteiger charge is -2.22. The van der Waals surface area contributed by atoms with Crippen molar-refractivity contribution in [2.45, 2.75) is 18.9 Å². The molecule has 2 aromatic heterocycles. The summed E-state index contributed by atoms with van der Waals surface area (Å²) in [6.07, 6.45) is 5.76. The molecule has 15 heavy (non-hydrogen) atoms. The Hall–Kier alpha value is -1.26. The molecule has 0 aliphatic carbocycles. The van der Waals surface area contributed by atoms with Gasteiger partial charge in [0.2, 0.25) is 0 Å². The van der Waals surface area contributed by atoms with Crippen molar-refractivity contribution in [1.82, 2.24) is 9.97 Å². The molecule has 2 rings (SSSR count). The highest BCUT2D eigenvalue weighted by Crippen LogP contribution is 2.25. The van der Waals surface area contributed by atoms with E-state index in [1.54, 1.807) is 42.4 Å². The Labute approximate surface area is 92.5 Å². The molecule has 1 unspecified atom stereocenters. The first kappa shape index (κ1) is 10.3. The van der Waals surface area contributed by atoms with Gasteiger partial charge in [-0.15, -0.1) is 11.3 Å². The molecule has 0 amide bonds. The van der Waals surface area contributed by atoms with Crippen LogP contribution in [-0.4, -0.2) is 15.1 Å². The number of rotatable bonds is 3. The Morgan fingerprint density at radius 1 is 1.40 bits per heavy atom. The Bertz CT molecular complexity index is 411. The van der Waals surface area contributed by atoms with E-state index in [4.69, 9.17) is 0 Å². The van der Waals surface area contributed by atoms with Gasteiger partial charge in [0.15, 0.2) is 0 Å². The molecule has 2 aromatic rings. The Kier molecular flexibility index (Phi) is 2.79. The SMILES string of the molecule is CC(O)(Cc1cncs1)c1cccnc1. The van der Waals surface area contributed by atoms with E-state index in [0.29, 0.717) is 6.42 Å². The number of thiazole rings is 1. The molecule has 0 radical (unpaired) electrons. The van der Waals surface area contributed by atoms with Gasteiger partial charge in [0.05, 0.1) is 11.1 Å². The predicted octanol–water partition coefficient (Wildman–Crippen LogP) is 1.99. The summed E-state index contributed by atoms with van der Waals surface area (Å²) in [5.74, 6) is 0. The molecule has 0 saturated carbocycles. The number of aromatic nitrogens is 2. The van der Waals surface area contributed by atoms with E-state index in [2.05, 4.69) is 9.97 Å². The Morgan fingerprint density at radius 3 is 2.87 bits per heavy atom. The average molecular weight is 220 g/mol. The zero-order valence-electron chi connectivity index (χ0n) is 8.42. The first-order valence-corrected chi connectivity index (χ1v) is 5.57. The summed E-state index contributed by atoms with van der Waals surface area (Å²) in [7, 11) is 0. The molecule has 0 saturated heterocycles. The van der Waals surface area contributed by atoms with E-state index in [0.717, 1.165) is 10.4 Å². The molecule has 1 N–H and O–H groups in total. The molecule has 78 valence electrons. The number of hydrogen-bond donors (Lipinski definition) is 1. The van der Waals surface area contributed by atoms with E-state index in [1.165, 1.54) is 0 Å². The zero-order valence-corrected chi connectivity index (χ0v) is 9.24. The highest BCUT2D eigenvalue weighted by molar-refractivity contribution is 7.09. The van der Waals surface area contributed by atoms with Crippen LogP contribution in [0.5, 0.6) is 0 Å². The smallest absolute Gasteiger partial charge is 0.0931 e. The van der Waals surface area contributed by atoms with Crippen LogP contribution in [0.3, 0.4) is 0 Å². The summed E-state index contributed by atoms with van der Waals surface area (Å²) in [6.45, 7) is 1.80. The normalized spacial score (nSPS) is 14.8. The van der Waals surface area contributed by atoms with Crippen LogP contribution in [0.15, 0.2) is 36.2 Å². The van der Waals surface area contributed by atoms with Crippen LogP contribution in [0, 0.1) is 0 Å². The van der Waals surface area contributed by atoms with Gasteiger partial charge in [-0.3, -0.25) is 9.97 Å². The van der Waals surface area contributed by atoms with Crippen molar-refractivity contribution in [2.75, 3.05) is 0 Å². The molecular weight excluding hydrogens is 208 g/mol. The van der Waals surface area contributed by atoms with Crippen molar-refractivity contribution < 1.29 is 5.11 Å². The monoisotopic (exact) mass is 220 g/mol. The van der Waals surface area contributed by atoms with E-state index in [1.807, 2.05) is 12.1 Å². The molecule has 0 aliphatic rings. The lowest BCUT2D eigenvalue weighted by molar-refractivity contribution is 0.0581. The summed E-state index contributed by atoms with van der Waals surface area (Å²) in [4.78, 5) is 9.07. The van der Waals surface area contributed by atoms with Gasteiger partial charge < -0.3 is 5.11 Å². The van der Waals surface area contributed by atoms with Gasteiger partial charge in [-0.2, -0.15) is 0 Å². The summed E-state index contributed by atoms with van der Waals surface area (Å²) < 4.78 is 0. The average Bonchev–Trinajstić information content (AvgIpc) is 2.71. The highest BCUT2D eigenvalue weighted by atomic mass is 32.1. The second-order valence-electron chi connectivity index (χ2n) is 3.66. The highest BCUT2D eigenvalue weighted by Gasteiger charge is 2.24. The molecular formula is C11H12N2OS. The quantitative estimate of drug-likeness (QED) is 0.860. The zero-order chi connectivity index (χ0) is 10.7. The minimum absolute atomic E-state index is 0.573. The van der Waals surface area contributed by atoms with Crippen LogP contribution in [-0.2, 0) is 12.0 Å². The van der Waals surface area contributed by atoms with Crippen molar-refractivity contribution >= 4 is 11.3 Å².